The predicted molar refractivity (Wildman–Crippen MR) is 109 cm³/mol. The molecule has 3 heterocycles. The van der Waals surface area contributed by atoms with Crippen LogP contribution in [0.5, 0.6) is 0 Å². The van der Waals surface area contributed by atoms with Crippen molar-refractivity contribution >= 4 is 26.8 Å². The Morgan fingerprint density at radius 1 is 1.21 bits per heavy atom. The van der Waals surface area contributed by atoms with Crippen molar-refractivity contribution in [1.29, 1.82) is 0 Å². The van der Waals surface area contributed by atoms with Gasteiger partial charge in [0.25, 0.3) is 5.91 Å². The summed E-state index contributed by atoms with van der Waals surface area (Å²) in [5.74, 6) is -0.404. The van der Waals surface area contributed by atoms with E-state index in [4.69, 9.17) is 0 Å². The lowest BCUT2D eigenvalue weighted by molar-refractivity contribution is 0.0919. The molecule has 0 radical (unpaired) electrons. The Hall–Kier alpha value is -2.46. The molecule has 0 bridgehead atoms. The van der Waals surface area contributed by atoms with Crippen molar-refractivity contribution in [2.75, 3.05) is 24.6 Å². The predicted octanol–water partition coefficient (Wildman–Crippen LogP) is -0.299. The summed E-state index contributed by atoms with van der Waals surface area (Å²) in [5.41, 5.74) is -0.153. The SMILES string of the molecule is CCn1c(=O)c(=O)[nH]c2cc(C(=O)NC3CS(=O)(=O)CC3N3CCCC3)ccc21. The van der Waals surface area contributed by atoms with Gasteiger partial charge in [0, 0.05) is 18.2 Å². The highest BCUT2D eigenvalue weighted by Crippen LogP contribution is 2.23. The van der Waals surface area contributed by atoms with Crippen LogP contribution in [0.4, 0.5) is 0 Å². The molecule has 0 aliphatic carbocycles. The smallest absolute Gasteiger partial charge is 0.316 e. The lowest BCUT2D eigenvalue weighted by Crippen LogP contribution is -2.50. The van der Waals surface area contributed by atoms with E-state index in [1.54, 1.807) is 19.1 Å². The molecule has 1 aromatic heterocycles. The van der Waals surface area contributed by atoms with Gasteiger partial charge in [-0.25, -0.2) is 8.42 Å². The zero-order chi connectivity index (χ0) is 20.8. The third kappa shape index (κ3) is 3.74. The second-order valence-electron chi connectivity index (χ2n) is 7.70. The van der Waals surface area contributed by atoms with Gasteiger partial charge in [0.15, 0.2) is 9.84 Å². The van der Waals surface area contributed by atoms with Crippen molar-refractivity contribution in [2.45, 2.75) is 38.4 Å². The molecule has 0 saturated carbocycles. The van der Waals surface area contributed by atoms with Crippen LogP contribution in [0.15, 0.2) is 27.8 Å². The maximum Gasteiger partial charge on any atom is 0.316 e. The molecule has 2 saturated heterocycles. The first-order valence-electron chi connectivity index (χ1n) is 9.81. The van der Waals surface area contributed by atoms with E-state index in [-0.39, 0.29) is 17.5 Å². The summed E-state index contributed by atoms with van der Waals surface area (Å²) in [6.45, 7) is 3.79. The van der Waals surface area contributed by atoms with Gasteiger partial charge in [-0.05, 0) is 51.1 Å². The van der Waals surface area contributed by atoms with E-state index in [1.807, 2.05) is 0 Å². The second kappa shape index (κ2) is 7.42. The third-order valence-electron chi connectivity index (χ3n) is 5.80. The number of nitrogens with zero attached hydrogens (tertiary/aromatic N) is 2. The highest BCUT2D eigenvalue weighted by molar-refractivity contribution is 7.91. The Balaban J connectivity index is 1.62. The molecule has 29 heavy (non-hydrogen) atoms. The quantitative estimate of drug-likeness (QED) is 0.655. The van der Waals surface area contributed by atoms with Crippen molar-refractivity contribution in [3.8, 4) is 0 Å². The van der Waals surface area contributed by atoms with Gasteiger partial charge in [-0.15, -0.1) is 0 Å². The first-order chi connectivity index (χ1) is 13.8. The van der Waals surface area contributed by atoms with Gasteiger partial charge in [0.2, 0.25) is 0 Å². The van der Waals surface area contributed by atoms with Crippen molar-refractivity contribution in [2.24, 2.45) is 0 Å². The molecule has 2 aromatic rings. The summed E-state index contributed by atoms with van der Waals surface area (Å²) in [5, 5.41) is 2.88. The Morgan fingerprint density at radius 2 is 1.93 bits per heavy atom. The van der Waals surface area contributed by atoms with Crippen LogP contribution >= 0.6 is 0 Å². The van der Waals surface area contributed by atoms with Crippen LogP contribution in [0.3, 0.4) is 0 Å². The zero-order valence-electron chi connectivity index (χ0n) is 16.2. The number of rotatable bonds is 4. The van der Waals surface area contributed by atoms with Crippen LogP contribution in [0.1, 0.15) is 30.1 Å². The number of hydrogen-bond donors (Lipinski definition) is 2. The topological polar surface area (TPSA) is 121 Å². The molecule has 0 spiro atoms. The van der Waals surface area contributed by atoms with Gasteiger partial charge >= 0.3 is 11.1 Å². The molecule has 2 unspecified atom stereocenters. The molecule has 156 valence electrons. The number of likely N-dealkylation sites (tertiary alicyclic amines) is 1. The average Bonchev–Trinajstić information content (AvgIpc) is 3.30. The van der Waals surface area contributed by atoms with E-state index in [0.29, 0.717) is 23.1 Å². The van der Waals surface area contributed by atoms with Gasteiger partial charge in [-0.1, -0.05) is 0 Å². The summed E-state index contributed by atoms with van der Waals surface area (Å²) in [6.07, 6.45) is 2.07. The van der Waals surface area contributed by atoms with Gasteiger partial charge in [0.1, 0.15) is 0 Å². The second-order valence-corrected chi connectivity index (χ2v) is 9.86. The molecule has 10 heteroatoms. The number of fused-ring (bicyclic) bond motifs is 1. The van der Waals surface area contributed by atoms with Crippen LogP contribution in [-0.2, 0) is 16.4 Å². The molecular weight excluding hydrogens is 396 g/mol. The number of aryl methyl sites for hydroxylation is 1. The van der Waals surface area contributed by atoms with Crippen LogP contribution in [0, 0.1) is 0 Å². The number of sulfone groups is 1. The monoisotopic (exact) mass is 420 g/mol. The minimum Gasteiger partial charge on any atom is -0.347 e. The molecule has 2 atom stereocenters. The summed E-state index contributed by atoms with van der Waals surface area (Å²) in [4.78, 5) is 41.3. The number of hydrogen-bond acceptors (Lipinski definition) is 6. The number of benzene rings is 1. The van der Waals surface area contributed by atoms with Crippen LogP contribution < -0.4 is 16.4 Å². The molecule has 1 aromatic carbocycles. The van der Waals surface area contributed by atoms with Crippen molar-refractivity contribution < 1.29 is 13.2 Å². The summed E-state index contributed by atoms with van der Waals surface area (Å²) < 4.78 is 25.7. The van der Waals surface area contributed by atoms with E-state index in [0.717, 1.165) is 25.9 Å². The number of carbonyl (C=O) groups is 1. The maximum absolute atomic E-state index is 12.8. The fraction of sp³-hybridized carbons (Fsp3) is 0.526. The Bertz CT molecular complexity index is 1180. The Labute approximate surface area is 167 Å². The van der Waals surface area contributed by atoms with Crippen molar-refractivity contribution in [3.05, 3.63) is 44.5 Å². The Morgan fingerprint density at radius 3 is 2.62 bits per heavy atom. The molecular formula is C19H24N4O5S. The van der Waals surface area contributed by atoms with E-state index in [1.165, 1.54) is 10.6 Å². The first kappa shape index (κ1) is 19.8. The van der Waals surface area contributed by atoms with Crippen LogP contribution in [0.2, 0.25) is 0 Å². The first-order valence-corrected chi connectivity index (χ1v) is 11.6. The highest BCUT2D eigenvalue weighted by Gasteiger charge is 2.42. The molecule has 4 rings (SSSR count). The molecule has 1 amide bonds. The van der Waals surface area contributed by atoms with E-state index in [9.17, 15) is 22.8 Å². The number of nitrogens with one attached hydrogen (secondary N) is 2. The number of aromatic nitrogens is 2. The number of aromatic amines is 1. The molecule has 2 aliphatic heterocycles. The highest BCUT2D eigenvalue weighted by atomic mass is 32.2. The maximum atomic E-state index is 12.8. The van der Waals surface area contributed by atoms with E-state index < -0.39 is 32.9 Å². The zero-order valence-corrected chi connectivity index (χ0v) is 17.0. The van der Waals surface area contributed by atoms with E-state index in [2.05, 4.69) is 15.2 Å². The lowest BCUT2D eigenvalue weighted by Gasteiger charge is -2.28. The average molecular weight is 420 g/mol. The largest absolute Gasteiger partial charge is 0.347 e. The molecule has 2 fully saturated rings. The summed E-state index contributed by atoms with van der Waals surface area (Å²) in [6, 6.07) is 4.04. The lowest BCUT2D eigenvalue weighted by atomic mass is 10.1. The summed E-state index contributed by atoms with van der Waals surface area (Å²) >= 11 is 0. The molecule has 2 aliphatic rings. The Kier molecular flexibility index (Phi) is 5.07. The standard InChI is InChI=1S/C19H24N4O5S/c1-2-23-15-6-5-12(9-13(15)20-18(25)19(23)26)17(24)21-14-10-29(27,28)11-16(14)22-7-3-4-8-22/h5-6,9,14,16H,2-4,7-8,10-11H2,1H3,(H,20,25)(H,21,24). The van der Waals surface area contributed by atoms with E-state index >= 15 is 0 Å². The fourth-order valence-corrected chi connectivity index (χ4v) is 6.34. The third-order valence-corrected chi connectivity index (χ3v) is 7.52. The van der Waals surface area contributed by atoms with Crippen molar-refractivity contribution in [1.82, 2.24) is 19.8 Å². The summed E-state index contributed by atoms with van der Waals surface area (Å²) in [7, 11) is -3.21. The van der Waals surface area contributed by atoms with Gasteiger partial charge < -0.3 is 14.9 Å². The minimum absolute atomic E-state index is 0.0613. The van der Waals surface area contributed by atoms with Crippen LogP contribution in [0.25, 0.3) is 11.0 Å². The van der Waals surface area contributed by atoms with Crippen LogP contribution in [-0.4, -0.2) is 65.5 Å². The van der Waals surface area contributed by atoms with Gasteiger partial charge in [-0.3, -0.25) is 19.3 Å². The molecule has 2 N–H and O–H groups in total. The fourth-order valence-electron chi connectivity index (χ4n) is 4.39. The normalized spacial score (nSPS) is 24.2. The van der Waals surface area contributed by atoms with Gasteiger partial charge in [-0.2, -0.15) is 0 Å². The minimum atomic E-state index is -3.21. The molecule has 9 nitrogen and oxygen atoms in total. The number of amides is 1. The van der Waals surface area contributed by atoms with Gasteiger partial charge in [0.05, 0.1) is 28.6 Å². The van der Waals surface area contributed by atoms with Crippen molar-refractivity contribution in [3.63, 3.8) is 0 Å². The number of H-pyrrole nitrogens is 1. The number of carbonyl (C=O) groups excluding carboxylic acids is 1.